The Morgan fingerprint density at radius 1 is 1.44 bits per heavy atom. The number of aromatic carboxylic acids is 1. The largest absolute Gasteiger partial charge is 0.478 e. The Balaban J connectivity index is 2.92. The lowest BCUT2D eigenvalue weighted by atomic mass is 10.0. The number of carboxylic acid groups (broad SMARTS) is 1. The van der Waals surface area contributed by atoms with E-state index in [2.05, 4.69) is 5.32 Å². The standard InChI is InChI=1S/C13H16FNO3/c1-3-4-8(2)12(16)15-11-7-9(14)5-6-10(11)13(17)18/h5-8H,3-4H2,1-2H3,(H,15,16)(H,17,18). The quantitative estimate of drug-likeness (QED) is 0.847. The molecule has 0 aromatic heterocycles. The number of carboxylic acids is 1. The summed E-state index contributed by atoms with van der Waals surface area (Å²) in [6, 6.07) is 3.20. The second-order valence-corrected chi connectivity index (χ2v) is 4.17. The van der Waals surface area contributed by atoms with Crippen molar-refractivity contribution in [3.63, 3.8) is 0 Å². The van der Waals surface area contributed by atoms with E-state index in [0.29, 0.717) is 6.42 Å². The van der Waals surface area contributed by atoms with Gasteiger partial charge in [-0.25, -0.2) is 9.18 Å². The van der Waals surface area contributed by atoms with Gasteiger partial charge in [-0.3, -0.25) is 4.79 Å². The fraction of sp³-hybridized carbons (Fsp3) is 0.385. The van der Waals surface area contributed by atoms with Crippen LogP contribution in [0.1, 0.15) is 37.0 Å². The molecule has 0 saturated heterocycles. The molecule has 4 nitrogen and oxygen atoms in total. The number of hydrogen-bond donors (Lipinski definition) is 2. The molecule has 0 aliphatic carbocycles. The van der Waals surface area contributed by atoms with Crippen LogP contribution in [0.5, 0.6) is 0 Å². The molecular formula is C13H16FNO3. The average Bonchev–Trinajstić information content (AvgIpc) is 2.28. The van der Waals surface area contributed by atoms with Gasteiger partial charge < -0.3 is 10.4 Å². The van der Waals surface area contributed by atoms with Crippen molar-refractivity contribution in [1.29, 1.82) is 0 Å². The van der Waals surface area contributed by atoms with Gasteiger partial charge >= 0.3 is 5.97 Å². The zero-order valence-electron chi connectivity index (χ0n) is 10.4. The minimum Gasteiger partial charge on any atom is -0.478 e. The van der Waals surface area contributed by atoms with Crippen LogP contribution < -0.4 is 5.32 Å². The Morgan fingerprint density at radius 3 is 2.67 bits per heavy atom. The number of halogens is 1. The number of anilines is 1. The zero-order chi connectivity index (χ0) is 13.7. The van der Waals surface area contributed by atoms with Gasteiger partial charge in [0.15, 0.2) is 0 Å². The van der Waals surface area contributed by atoms with Crippen molar-refractivity contribution in [3.8, 4) is 0 Å². The topological polar surface area (TPSA) is 66.4 Å². The first-order chi connectivity index (χ1) is 8.45. The predicted octanol–water partition coefficient (Wildman–Crippen LogP) is 2.90. The minimum absolute atomic E-state index is 0.00421. The lowest BCUT2D eigenvalue weighted by Gasteiger charge is -2.12. The van der Waals surface area contributed by atoms with E-state index in [9.17, 15) is 14.0 Å². The summed E-state index contributed by atoms with van der Waals surface area (Å²) in [5.41, 5.74) is -0.121. The van der Waals surface area contributed by atoms with Gasteiger partial charge in [-0.2, -0.15) is 0 Å². The number of rotatable bonds is 5. The number of amides is 1. The smallest absolute Gasteiger partial charge is 0.337 e. The van der Waals surface area contributed by atoms with Crippen molar-refractivity contribution in [3.05, 3.63) is 29.6 Å². The average molecular weight is 253 g/mol. The van der Waals surface area contributed by atoms with Crippen LogP contribution in [0, 0.1) is 11.7 Å². The molecular weight excluding hydrogens is 237 g/mol. The Labute approximate surface area is 105 Å². The second kappa shape index (κ2) is 6.14. The lowest BCUT2D eigenvalue weighted by molar-refractivity contribution is -0.119. The van der Waals surface area contributed by atoms with E-state index >= 15 is 0 Å². The highest BCUT2D eigenvalue weighted by atomic mass is 19.1. The summed E-state index contributed by atoms with van der Waals surface area (Å²) in [7, 11) is 0. The molecule has 0 heterocycles. The Morgan fingerprint density at radius 2 is 2.11 bits per heavy atom. The van der Waals surface area contributed by atoms with Crippen LogP contribution >= 0.6 is 0 Å². The van der Waals surface area contributed by atoms with Crippen LogP contribution in [0.25, 0.3) is 0 Å². The van der Waals surface area contributed by atoms with Crippen molar-refractivity contribution < 1.29 is 19.1 Å². The molecule has 98 valence electrons. The van der Waals surface area contributed by atoms with Crippen LogP contribution in [-0.2, 0) is 4.79 Å². The molecule has 1 rings (SSSR count). The van der Waals surface area contributed by atoms with E-state index in [-0.39, 0.29) is 23.1 Å². The van der Waals surface area contributed by atoms with Gasteiger partial charge in [0.05, 0.1) is 11.3 Å². The molecule has 1 aromatic rings. The van der Waals surface area contributed by atoms with Gasteiger partial charge in [-0.1, -0.05) is 20.3 Å². The molecule has 0 bridgehead atoms. The molecule has 2 N–H and O–H groups in total. The maximum atomic E-state index is 13.1. The van der Waals surface area contributed by atoms with Crippen molar-refractivity contribution in [2.24, 2.45) is 5.92 Å². The minimum atomic E-state index is -1.20. The van der Waals surface area contributed by atoms with E-state index in [0.717, 1.165) is 24.6 Å². The molecule has 5 heteroatoms. The molecule has 1 unspecified atom stereocenters. The van der Waals surface area contributed by atoms with Crippen molar-refractivity contribution in [1.82, 2.24) is 0 Å². The van der Waals surface area contributed by atoms with Crippen molar-refractivity contribution in [2.45, 2.75) is 26.7 Å². The summed E-state index contributed by atoms with van der Waals surface area (Å²) in [6.07, 6.45) is 1.55. The molecule has 0 fully saturated rings. The van der Waals surface area contributed by atoms with Gasteiger partial charge in [0.25, 0.3) is 0 Å². The zero-order valence-corrected chi connectivity index (χ0v) is 10.4. The Bertz CT molecular complexity index is 460. The van der Waals surface area contributed by atoms with Crippen molar-refractivity contribution in [2.75, 3.05) is 5.32 Å². The van der Waals surface area contributed by atoms with Crippen LogP contribution in [0.2, 0.25) is 0 Å². The van der Waals surface area contributed by atoms with Gasteiger partial charge in [-0.15, -0.1) is 0 Å². The van der Waals surface area contributed by atoms with Gasteiger partial charge in [0.2, 0.25) is 5.91 Å². The molecule has 0 spiro atoms. The molecule has 0 aliphatic rings. The SMILES string of the molecule is CCCC(C)C(=O)Nc1cc(F)ccc1C(=O)O. The van der Waals surface area contributed by atoms with Crippen LogP contribution in [-0.4, -0.2) is 17.0 Å². The summed E-state index contributed by atoms with van der Waals surface area (Å²) in [5.74, 6) is -2.32. The predicted molar refractivity (Wildman–Crippen MR) is 66.1 cm³/mol. The van der Waals surface area contributed by atoms with E-state index < -0.39 is 11.8 Å². The van der Waals surface area contributed by atoms with Gasteiger partial charge in [-0.05, 0) is 24.6 Å². The molecule has 18 heavy (non-hydrogen) atoms. The van der Waals surface area contributed by atoms with E-state index in [4.69, 9.17) is 5.11 Å². The number of carbonyl (C=O) groups is 2. The first-order valence-corrected chi connectivity index (χ1v) is 5.79. The highest BCUT2D eigenvalue weighted by molar-refractivity contribution is 6.01. The van der Waals surface area contributed by atoms with E-state index in [1.807, 2.05) is 6.92 Å². The third kappa shape index (κ3) is 3.55. The van der Waals surface area contributed by atoms with Gasteiger partial charge in [0.1, 0.15) is 5.82 Å². The fourth-order valence-electron chi connectivity index (χ4n) is 1.63. The molecule has 1 atom stereocenters. The molecule has 0 radical (unpaired) electrons. The maximum absolute atomic E-state index is 13.1. The van der Waals surface area contributed by atoms with Crippen LogP contribution in [0.15, 0.2) is 18.2 Å². The first-order valence-electron chi connectivity index (χ1n) is 5.79. The number of hydrogen-bond acceptors (Lipinski definition) is 2. The first kappa shape index (κ1) is 14.2. The second-order valence-electron chi connectivity index (χ2n) is 4.17. The molecule has 0 saturated carbocycles. The van der Waals surface area contributed by atoms with E-state index in [1.54, 1.807) is 6.92 Å². The molecule has 0 aliphatic heterocycles. The maximum Gasteiger partial charge on any atom is 0.337 e. The third-order valence-electron chi connectivity index (χ3n) is 2.64. The lowest BCUT2D eigenvalue weighted by Crippen LogP contribution is -2.21. The Kier molecular flexibility index (Phi) is 4.83. The fourth-order valence-corrected chi connectivity index (χ4v) is 1.63. The highest BCUT2D eigenvalue weighted by Crippen LogP contribution is 2.19. The number of benzene rings is 1. The summed E-state index contributed by atoms with van der Waals surface area (Å²) in [4.78, 5) is 22.7. The Hall–Kier alpha value is -1.91. The van der Waals surface area contributed by atoms with Crippen LogP contribution in [0.3, 0.4) is 0 Å². The molecule has 1 amide bonds. The summed E-state index contributed by atoms with van der Waals surface area (Å²) in [5, 5.41) is 11.4. The van der Waals surface area contributed by atoms with E-state index in [1.165, 1.54) is 0 Å². The summed E-state index contributed by atoms with van der Waals surface area (Å²) in [6.45, 7) is 3.70. The third-order valence-corrected chi connectivity index (χ3v) is 2.64. The van der Waals surface area contributed by atoms with Crippen LogP contribution in [0.4, 0.5) is 10.1 Å². The van der Waals surface area contributed by atoms with Crippen molar-refractivity contribution >= 4 is 17.6 Å². The number of carbonyl (C=O) groups excluding carboxylic acids is 1. The monoisotopic (exact) mass is 253 g/mol. The molecule has 1 aromatic carbocycles. The summed E-state index contributed by atoms with van der Waals surface area (Å²) < 4.78 is 13.1. The number of nitrogens with one attached hydrogen (secondary N) is 1. The van der Waals surface area contributed by atoms with Gasteiger partial charge in [0, 0.05) is 5.92 Å². The highest BCUT2D eigenvalue weighted by Gasteiger charge is 2.16. The normalized spacial score (nSPS) is 11.9. The summed E-state index contributed by atoms with van der Waals surface area (Å²) >= 11 is 0.